The van der Waals surface area contributed by atoms with Gasteiger partial charge in [-0.3, -0.25) is 0 Å². The van der Waals surface area contributed by atoms with E-state index in [9.17, 15) is 0 Å². The van der Waals surface area contributed by atoms with E-state index in [1.54, 1.807) is 0 Å². The first-order chi connectivity index (χ1) is 20.3. The van der Waals surface area contributed by atoms with Gasteiger partial charge in [0.2, 0.25) is 5.89 Å². The van der Waals surface area contributed by atoms with Crippen molar-refractivity contribution in [3.8, 4) is 22.6 Å². The van der Waals surface area contributed by atoms with Crippen LogP contribution in [-0.4, -0.2) is 4.98 Å². The van der Waals surface area contributed by atoms with E-state index in [0.717, 1.165) is 66.8 Å². The molecule has 4 nitrogen and oxygen atoms in total. The number of benzene rings is 6. The van der Waals surface area contributed by atoms with Gasteiger partial charge in [-0.05, 0) is 72.3 Å². The molecule has 0 aliphatic carbocycles. The summed E-state index contributed by atoms with van der Waals surface area (Å²) in [6.07, 6.45) is 0. The second-order valence-corrected chi connectivity index (χ2v) is 10.0. The first-order valence-electron chi connectivity index (χ1n) is 13.6. The first-order valence-corrected chi connectivity index (χ1v) is 13.6. The van der Waals surface area contributed by atoms with E-state index >= 15 is 0 Å². The average molecular weight is 529 g/mol. The Bertz CT molecular complexity index is 2160. The van der Waals surface area contributed by atoms with Crippen molar-refractivity contribution in [1.82, 2.24) is 4.98 Å². The fraction of sp³-hybridized carbons (Fsp3) is 0. The smallest absolute Gasteiger partial charge is 0.227 e. The fourth-order valence-corrected chi connectivity index (χ4v) is 5.57. The summed E-state index contributed by atoms with van der Waals surface area (Å²) in [6.45, 7) is 0. The van der Waals surface area contributed by atoms with Crippen molar-refractivity contribution in [2.75, 3.05) is 4.90 Å². The molecule has 0 aliphatic heterocycles. The van der Waals surface area contributed by atoms with Gasteiger partial charge in [-0.2, -0.15) is 0 Å². The SMILES string of the molecule is c1ccc(-c2nc3cccc(-c4cccc(N(c5ccccc5)c5ccc6oc7ccccc7c6c5)c4)c3o2)cc1. The summed E-state index contributed by atoms with van der Waals surface area (Å²) in [5, 5.41) is 2.20. The summed E-state index contributed by atoms with van der Waals surface area (Å²) in [7, 11) is 0. The zero-order chi connectivity index (χ0) is 27.2. The maximum Gasteiger partial charge on any atom is 0.227 e. The average Bonchev–Trinajstić information content (AvgIpc) is 3.64. The van der Waals surface area contributed by atoms with E-state index in [1.165, 1.54) is 0 Å². The highest BCUT2D eigenvalue weighted by atomic mass is 16.3. The Morgan fingerprint density at radius 2 is 1.15 bits per heavy atom. The van der Waals surface area contributed by atoms with Crippen molar-refractivity contribution in [2.24, 2.45) is 0 Å². The van der Waals surface area contributed by atoms with Crippen molar-refractivity contribution in [2.45, 2.75) is 0 Å². The molecule has 0 radical (unpaired) electrons. The van der Waals surface area contributed by atoms with Crippen LogP contribution in [0.3, 0.4) is 0 Å². The molecule has 0 aliphatic rings. The zero-order valence-corrected chi connectivity index (χ0v) is 22.1. The zero-order valence-electron chi connectivity index (χ0n) is 22.1. The van der Waals surface area contributed by atoms with Gasteiger partial charge in [0.25, 0.3) is 0 Å². The topological polar surface area (TPSA) is 42.4 Å². The normalized spacial score (nSPS) is 11.4. The van der Waals surface area contributed by atoms with E-state index in [2.05, 4.69) is 89.8 Å². The molecule has 41 heavy (non-hydrogen) atoms. The van der Waals surface area contributed by atoms with Crippen molar-refractivity contribution in [3.05, 3.63) is 146 Å². The molecule has 0 fully saturated rings. The summed E-state index contributed by atoms with van der Waals surface area (Å²) in [5.74, 6) is 0.621. The minimum atomic E-state index is 0.621. The molecule has 8 aromatic rings. The second kappa shape index (κ2) is 9.54. The van der Waals surface area contributed by atoms with Crippen LogP contribution in [0.5, 0.6) is 0 Å². The molecule has 0 spiro atoms. The van der Waals surface area contributed by atoms with Crippen LogP contribution >= 0.6 is 0 Å². The molecular weight excluding hydrogens is 504 g/mol. The third kappa shape index (κ3) is 4.05. The molecule has 0 saturated carbocycles. The van der Waals surface area contributed by atoms with Crippen molar-refractivity contribution < 1.29 is 8.83 Å². The summed E-state index contributed by atoms with van der Waals surface area (Å²) >= 11 is 0. The number of oxazole rings is 1. The fourth-order valence-electron chi connectivity index (χ4n) is 5.57. The Kier molecular flexibility index (Phi) is 5.42. The Morgan fingerprint density at radius 1 is 0.463 bits per heavy atom. The molecule has 2 aromatic heterocycles. The third-order valence-electron chi connectivity index (χ3n) is 7.48. The Balaban J connectivity index is 1.28. The Labute approximate surface area is 236 Å². The molecule has 6 aromatic carbocycles. The standard InChI is InChI=1S/C37H24N2O2/c1-3-11-25(12-4-1)37-38-33-19-10-18-30(36(33)41-37)26-13-9-16-28(23-26)39(27-14-5-2-6-15-27)29-21-22-35-32(24-29)31-17-7-8-20-34(31)40-35/h1-24H. The van der Waals surface area contributed by atoms with Gasteiger partial charge in [-0.15, -0.1) is 0 Å². The van der Waals surface area contributed by atoms with Gasteiger partial charge in [-0.1, -0.05) is 78.9 Å². The lowest BCUT2D eigenvalue weighted by Crippen LogP contribution is -2.09. The number of rotatable bonds is 5. The highest BCUT2D eigenvalue weighted by Gasteiger charge is 2.18. The Morgan fingerprint density at radius 3 is 2.02 bits per heavy atom. The highest BCUT2D eigenvalue weighted by molar-refractivity contribution is 6.06. The molecule has 4 heteroatoms. The van der Waals surface area contributed by atoms with Gasteiger partial charge < -0.3 is 13.7 Å². The monoisotopic (exact) mass is 528 g/mol. The molecule has 0 saturated heterocycles. The molecule has 2 heterocycles. The largest absolute Gasteiger partial charge is 0.456 e. The quantitative estimate of drug-likeness (QED) is 0.223. The van der Waals surface area contributed by atoms with E-state index in [1.807, 2.05) is 60.7 Å². The van der Waals surface area contributed by atoms with Crippen LogP contribution in [0, 0.1) is 0 Å². The molecule has 194 valence electrons. The van der Waals surface area contributed by atoms with Crippen LogP contribution in [0.2, 0.25) is 0 Å². The summed E-state index contributed by atoms with van der Waals surface area (Å²) in [4.78, 5) is 7.06. The summed E-state index contributed by atoms with van der Waals surface area (Å²) < 4.78 is 12.5. The second-order valence-electron chi connectivity index (χ2n) is 10.0. The van der Waals surface area contributed by atoms with Gasteiger partial charge in [-0.25, -0.2) is 4.98 Å². The number of fused-ring (bicyclic) bond motifs is 4. The van der Waals surface area contributed by atoms with E-state index in [-0.39, 0.29) is 0 Å². The highest BCUT2D eigenvalue weighted by Crippen LogP contribution is 2.40. The van der Waals surface area contributed by atoms with Crippen LogP contribution in [0.25, 0.3) is 55.6 Å². The minimum absolute atomic E-state index is 0.621. The van der Waals surface area contributed by atoms with E-state index in [0.29, 0.717) is 5.89 Å². The predicted molar refractivity (Wildman–Crippen MR) is 167 cm³/mol. The van der Waals surface area contributed by atoms with Gasteiger partial charge in [0.15, 0.2) is 5.58 Å². The van der Waals surface area contributed by atoms with Crippen LogP contribution in [0.4, 0.5) is 17.1 Å². The van der Waals surface area contributed by atoms with E-state index < -0.39 is 0 Å². The lowest BCUT2D eigenvalue weighted by atomic mass is 10.0. The van der Waals surface area contributed by atoms with Crippen molar-refractivity contribution in [1.29, 1.82) is 0 Å². The molecule has 0 atom stereocenters. The summed E-state index contributed by atoms with van der Waals surface area (Å²) in [6, 6.07) is 49.7. The Hall–Kier alpha value is -5.61. The number of nitrogens with zero attached hydrogens (tertiary/aromatic N) is 2. The number of anilines is 3. The molecule has 8 rings (SSSR count). The van der Waals surface area contributed by atoms with Crippen LogP contribution in [0.15, 0.2) is 154 Å². The third-order valence-corrected chi connectivity index (χ3v) is 7.48. The number of aromatic nitrogens is 1. The molecular formula is C37H24N2O2. The number of hydrogen-bond donors (Lipinski definition) is 0. The number of furan rings is 1. The van der Waals surface area contributed by atoms with Gasteiger partial charge in [0, 0.05) is 39.0 Å². The van der Waals surface area contributed by atoms with Gasteiger partial charge in [0.05, 0.1) is 0 Å². The first kappa shape index (κ1) is 23.3. The van der Waals surface area contributed by atoms with Gasteiger partial charge in [0.1, 0.15) is 16.7 Å². The maximum absolute atomic E-state index is 6.35. The molecule has 0 bridgehead atoms. The van der Waals surface area contributed by atoms with Crippen molar-refractivity contribution >= 4 is 50.1 Å². The van der Waals surface area contributed by atoms with E-state index in [4.69, 9.17) is 13.8 Å². The summed E-state index contributed by atoms with van der Waals surface area (Å²) in [5.41, 5.74) is 9.57. The number of hydrogen-bond acceptors (Lipinski definition) is 4. The van der Waals surface area contributed by atoms with Crippen LogP contribution in [0.1, 0.15) is 0 Å². The van der Waals surface area contributed by atoms with Crippen LogP contribution < -0.4 is 4.90 Å². The van der Waals surface area contributed by atoms with Crippen LogP contribution in [-0.2, 0) is 0 Å². The molecule has 0 unspecified atom stereocenters. The minimum Gasteiger partial charge on any atom is -0.456 e. The predicted octanol–water partition coefficient (Wildman–Crippen LogP) is 10.5. The lowest BCUT2D eigenvalue weighted by Gasteiger charge is -2.26. The van der Waals surface area contributed by atoms with Gasteiger partial charge >= 0.3 is 0 Å². The van der Waals surface area contributed by atoms with Crippen molar-refractivity contribution in [3.63, 3.8) is 0 Å². The maximum atomic E-state index is 6.35. The molecule has 0 N–H and O–H groups in total. The lowest BCUT2D eigenvalue weighted by molar-refractivity contribution is 0.621. The number of para-hydroxylation sites is 3. The molecule has 0 amide bonds.